The van der Waals surface area contributed by atoms with E-state index in [4.69, 9.17) is 0 Å². The topological polar surface area (TPSA) is 32.3 Å². The van der Waals surface area contributed by atoms with Gasteiger partial charge in [-0.2, -0.15) is 0 Å². The highest BCUT2D eigenvalue weighted by molar-refractivity contribution is 5.95. The van der Waals surface area contributed by atoms with Gasteiger partial charge in [-0.05, 0) is 43.9 Å². The Hall–Kier alpha value is -1.35. The fourth-order valence-corrected chi connectivity index (χ4v) is 3.22. The summed E-state index contributed by atoms with van der Waals surface area (Å²) in [7, 11) is 0. The molecule has 0 bridgehead atoms. The Labute approximate surface area is 108 Å². The number of amides is 1. The van der Waals surface area contributed by atoms with Crippen LogP contribution in [0.2, 0.25) is 0 Å². The van der Waals surface area contributed by atoms with Crippen molar-refractivity contribution in [2.75, 3.05) is 19.6 Å². The quantitative estimate of drug-likeness (QED) is 0.817. The maximum absolute atomic E-state index is 12.5. The van der Waals surface area contributed by atoms with E-state index in [0.29, 0.717) is 12.0 Å². The van der Waals surface area contributed by atoms with Crippen molar-refractivity contribution in [1.82, 2.24) is 10.2 Å². The first-order valence-electron chi connectivity index (χ1n) is 6.84. The van der Waals surface area contributed by atoms with Gasteiger partial charge in [-0.15, -0.1) is 0 Å². The van der Waals surface area contributed by atoms with Crippen LogP contribution in [0.5, 0.6) is 0 Å². The van der Waals surface area contributed by atoms with Crippen molar-refractivity contribution in [2.24, 2.45) is 5.92 Å². The molecule has 3 nitrogen and oxygen atoms in total. The number of aryl methyl sites for hydroxylation is 1. The molecule has 2 saturated heterocycles. The molecule has 0 saturated carbocycles. The van der Waals surface area contributed by atoms with Gasteiger partial charge in [-0.1, -0.05) is 18.2 Å². The number of carbonyl (C=O) groups is 1. The SMILES string of the molecule is Cc1ccccc1C(=O)N1CCC2NCCC2C1. The van der Waals surface area contributed by atoms with Gasteiger partial charge < -0.3 is 10.2 Å². The molecule has 0 radical (unpaired) electrons. The Kier molecular flexibility index (Phi) is 3.08. The smallest absolute Gasteiger partial charge is 0.254 e. The minimum Gasteiger partial charge on any atom is -0.338 e. The molecule has 2 atom stereocenters. The van der Waals surface area contributed by atoms with Crippen LogP contribution in [0.25, 0.3) is 0 Å². The molecule has 1 N–H and O–H groups in total. The molecular weight excluding hydrogens is 224 g/mol. The predicted octanol–water partition coefficient (Wildman–Crippen LogP) is 1.82. The van der Waals surface area contributed by atoms with Crippen LogP contribution >= 0.6 is 0 Å². The molecule has 0 aromatic heterocycles. The first-order valence-corrected chi connectivity index (χ1v) is 6.84. The number of nitrogens with one attached hydrogen (secondary N) is 1. The number of hydrogen-bond acceptors (Lipinski definition) is 2. The van der Waals surface area contributed by atoms with E-state index in [1.54, 1.807) is 0 Å². The van der Waals surface area contributed by atoms with Crippen molar-refractivity contribution < 1.29 is 4.79 Å². The second kappa shape index (κ2) is 4.73. The zero-order chi connectivity index (χ0) is 12.5. The number of piperidine rings is 1. The van der Waals surface area contributed by atoms with Crippen molar-refractivity contribution in [3.05, 3.63) is 35.4 Å². The normalized spacial score (nSPS) is 27.1. The van der Waals surface area contributed by atoms with E-state index in [0.717, 1.165) is 37.2 Å². The van der Waals surface area contributed by atoms with Crippen LogP contribution in [0.1, 0.15) is 28.8 Å². The van der Waals surface area contributed by atoms with Gasteiger partial charge in [0, 0.05) is 24.7 Å². The largest absolute Gasteiger partial charge is 0.338 e. The van der Waals surface area contributed by atoms with Gasteiger partial charge >= 0.3 is 0 Å². The summed E-state index contributed by atoms with van der Waals surface area (Å²) in [4.78, 5) is 14.6. The number of rotatable bonds is 1. The molecule has 1 aromatic carbocycles. The zero-order valence-electron chi connectivity index (χ0n) is 10.9. The van der Waals surface area contributed by atoms with Crippen molar-refractivity contribution in [1.29, 1.82) is 0 Å². The van der Waals surface area contributed by atoms with Crippen LogP contribution < -0.4 is 5.32 Å². The minimum atomic E-state index is 0.207. The molecule has 2 unspecified atom stereocenters. The Morgan fingerprint density at radius 3 is 3.00 bits per heavy atom. The van der Waals surface area contributed by atoms with Crippen molar-refractivity contribution in [3.63, 3.8) is 0 Å². The Morgan fingerprint density at radius 2 is 2.17 bits per heavy atom. The summed E-state index contributed by atoms with van der Waals surface area (Å²) in [5.74, 6) is 0.866. The Bertz CT molecular complexity index is 458. The van der Waals surface area contributed by atoms with Crippen molar-refractivity contribution in [3.8, 4) is 0 Å². The molecule has 3 heteroatoms. The second-order valence-corrected chi connectivity index (χ2v) is 5.46. The summed E-state index contributed by atoms with van der Waals surface area (Å²) in [5, 5.41) is 3.53. The summed E-state index contributed by atoms with van der Waals surface area (Å²) >= 11 is 0. The van der Waals surface area contributed by atoms with E-state index in [9.17, 15) is 4.79 Å². The molecule has 2 heterocycles. The number of fused-ring (bicyclic) bond motifs is 1. The third-order valence-electron chi connectivity index (χ3n) is 4.32. The van der Waals surface area contributed by atoms with E-state index < -0.39 is 0 Å². The standard InChI is InChI=1S/C15H20N2O/c1-11-4-2-3-5-13(11)15(18)17-9-7-14-12(10-17)6-8-16-14/h2-5,12,14,16H,6-10H2,1H3. The lowest BCUT2D eigenvalue weighted by Gasteiger charge is -2.35. The molecule has 2 aliphatic heterocycles. The number of carbonyl (C=O) groups excluding carboxylic acids is 1. The van der Waals surface area contributed by atoms with Gasteiger partial charge in [0.05, 0.1) is 0 Å². The Morgan fingerprint density at radius 1 is 1.33 bits per heavy atom. The van der Waals surface area contributed by atoms with Crippen molar-refractivity contribution >= 4 is 5.91 Å². The monoisotopic (exact) mass is 244 g/mol. The van der Waals surface area contributed by atoms with Crippen LogP contribution in [0.4, 0.5) is 0 Å². The van der Waals surface area contributed by atoms with Gasteiger partial charge in [-0.3, -0.25) is 4.79 Å². The number of nitrogens with zero attached hydrogens (tertiary/aromatic N) is 1. The summed E-state index contributed by atoms with van der Waals surface area (Å²) in [6.07, 6.45) is 2.31. The molecule has 0 aliphatic carbocycles. The maximum Gasteiger partial charge on any atom is 0.254 e. The van der Waals surface area contributed by atoms with E-state index in [2.05, 4.69) is 5.32 Å². The van der Waals surface area contributed by atoms with E-state index in [1.165, 1.54) is 6.42 Å². The summed E-state index contributed by atoms with van der Waals surface area (Å²) in [6, 6.07) is 8.53. The summed E-state index contributed by atoms with van der Waals surface area (Å²) in [5.41, 5.74) is 1.94. The van der Waals surface area contributed by atoms with Gasteiger partial charge in [0.2, 0.25) is 0 Å². The highest BCUT2D eigenvalue weighted by Gasteiger charge is 2.34. The fraction of sp³-hybridized carbons (Fsp3) is 0.533. The number of benzene rings is 1. The molecule has 1 aromatic rings. The Balaban J connectivity index is 1.75. The number of hydrogen-bond donors (Lipinski definition) is 1. The lowest BCUT2D eigenvalue weighted by Crippen LogP contribution is -2.47. The molecule has 2 aliphatic rings. The molecule has 2 fully saturated rings. The van der Waals surface area contributed by atoms with E-state index >= 15 is 0 Å². The minimum absolute atomic E-state index is 0.207. The molecular formula is C15H20N2O. The van der Waals surface area contributed by atoms with Crippen LogP contribution in [0, 0.1) is 12.8 Å². The summed E-state index contributed by atoms with van der Waals surface area (Å²) < 4.78 is 0. The third kappa shape index (κ3) is 2.03. The summed E-state index contributed by atoms with van der Waals surface area (Å²) in [6.45, 7) is 4.94. The fourth-order valence-electron chi connectivity index (χ4n) is 3.22. The molecule has 18 heavy (non-hydrogen) atoms. The van der Waals surface area contributed by atoms with Crippen LogP contribution in [-0.2, 0) is 0 Å². The highest BCUT2D eigenvalue weighted by Crippen LogP contribution is 2.25. The highest BCUT2D eigenvalue weighted by atomic mass is 16.2. The lowest BCUT2D eigenvalue weighted by atomic mass is 9.92. The average molecular weight is 244 g/mol. The maximum atomic E-state index is 12.5. The zero-order valence-corrected chi connectivity index (χ0v) is 10.9. The van der Waals surface area contributed by atoms with Crippen LogP contribution in [0.3, 0.4) is 0 Å². The van der Waals surface area contributed by atoms with Gasteiger partial charge in [0.1, 0.15) is 0 Å². The van der Waals surface area contributed by atoms with E-state index in [1.807, 2.05) is 36.1 Å². The van der Waals surface area contributed by atoms with Gasteiger partial charge in [0.15, 0.2) is 0 Å². The average Bonchev–Trinajstić information content (AvgIpc) is 2.85. The lowest BCUT2D eigenvalue weighted by molar-refractivity contribution is 0.0661. The first-order chi connectivity index (χ1) is 8.75. The van der Waals surface area contributed by atoms with Gasteiger partial charge in [0.25, 0.3) is 5.91 Å². The molecule has 1 amide bonds. The predicted molar refractivity (Wildman–Crippen MR) is 71.6 cm³/mol. The third-order valence-corrected chi connectivity index (χ3v) is 4.32. The first kappa shape index (κ1) is 11.7. The molecule has 3 rings (SSSR count). The van der Waals surface area contributed by atoms with Gasteiger partial charge in [-0.25, -0.2) is 0 Å². The van der Waals surface area contributed by atoms with Crippen LogP contribution in [0.15, 0.2) is 24.3 Å². The molecule has 96 valence electrons. The second-order valence-electron chi connectivity index (χ2n) is 5.46. The van der Waals surface area contributed by atoms with E-state index in [-0.39, 0.29) is 5.91 Å². The molecule has 0 spiro atoms. The van der Waals surface area contributed by atoms with Crippen molar-refractivity contribution in [2.45, 2.75) is 25.8 Å². The van der Waals surface area contributed by atoms with Crippen LogP contribution in [-0.4, -0.2) is 36.5 Å². The number of likely N-dealkylation sites (tertiary alicyclic amines) is 1.